The average Bonchev–Trinajstić information content (AvgIpc) is 2.55. The minimum Gasteiger partial charge on any atom is -0.490 e. The molecule has 3 nitrogen and oxygen atoms in total. The SMILES string of the molecule is OC1CC(Oc2ccc3cccnc3c2)C12CCCCC2. The molecule has 0 amide bonds. The van der Waals surface area contributed by atoms with E-state index in [0.29, 0.717) is 0 Å². The van der Waals surface area contributed by atoms with E-state index in [9.17, 15) is 5.11 Å². The molecular weight excluding hydrogens is 262 g/mol. The summed E-state index contributed by atoms with van der Waals surface area (Å²) in [6, 6.07) is 10.1. The molecule has 2 aliphatic carbocycles. The van der Waals surface area contributed by atoms with Gasteiger partial charge in [-0.05, 0) is 31.0 Å². The fourth-order valence-electron chi connectivity index (χ4n) is 4.04. The lowest BCUT2D eigenvalue weighted by Gasteiger charge is -2.55. The van der Waals surface area contributed by atoms with Crippen molar-refractivity contribution in [3.63, 3.8) is 0 Å². The molecule has 110 valence electrons. The van der Waals surface area contributed by atoms with Gasteiger partial charge in [-0.2, -0.15) is 0 Å². The molecule has 2 aliphatic rings. The molecule has 21 heavy (non-hydrogen) atoms. The summed E-state index contributed by atoms with van der Waals surface area (Å²) in [6.45, 7) is 0. The van der Waals surface area contributed by atoms with Crippen molar-refractivity contribution in [3.8, 4) is 5.75 Å². The first-order valence-electron chi connectivity index (χ1n) is 7.97. The van der Waals surface area contributed by atoms with E-state index in [2.05, 4.69) is 17.1 Å². The first-order chi connectivity index (χ1) is 10.3. The van der Waals surface area contributed by atoms with Crippen LogP contribution in [0.1, 0.15) is 38.5 Å². The number of rotatable bonds is 2. The highest BCUT2D eigenvalue weighted by molar-refractivity contribution is 5.79. The number of benzene rings is 1. The summed E-state index contributed by atoms with van der Waals surface area (Å²) >= 11 is 0. The summed E-state index contributed by atoms with van der Waals surface area (Å²) in [5.74, 6) is 0.878. The monoisotopic (exact) mass is 283 g/mol. The number of hydrogen-bond acceptors (Lipinski definition) is 3. The second-order valence-corrected chi connectivity index (χ2v) is 6.51. The molecule has 0 bridgehead atoms. The Labute approximate surface area is 125 Å². The van der Waals surface area contributed by atoms with Gasteiger partial charge in [0.15, 0.2) is 0 Å². The van der Waals surface area contributed by atoms with Gasteiger partial charge >= 0.3 is 0 Å². The van der Waals surface area contributed by atoms with Crippen LogP contribution in [0.15, 0.2) is 36.5 Å². The standard InChI is InChI=1S/C18H21NO2/c20-16-12-17(18(16)8-2-1-3-9-18)21-14-7-6-13-5-4-10-19-15(13)11-14/h4-7,10-11,16-17,20H,1-3,8-9,12H2. The van der Waals surface area contributed by atoms with Gasteiger partial charge in [-0.3, -0.25) is 4.98 Å². The van der Waals surface area contributed by atoms with E-state index in [0.717, 1.165) is 35.9 Å². The zero-order valence-electron chi connectivity index (χ0n) is 12.2. The van der Waals surface area contributed by atoms with E-state index in [1.807, 2.05) is 24.4 Å². The maximum absolute atomic E-state index is 10.3. The van der Waals surface area contributed by atoms with E-state index in [-0.39, 0.29) is 17.6 Å². The predicted octanol–water partition coefficient (Wildman–Crippen LogP) is 3.70. The summed E-state index contributed by atoms with van der Waals surface area (Å²) < 4.78 is 6.22. The molecule has 3 heteroatoms. The average molecular weight is 283 g/mol. The molecule has 2 saturated carbocycles. The Kier molecular flexibility index (Phi) is 3.11. The molecule has 1 heterocycles. The van der Waals surface area contributed by atoms with Gasteiger partial charge in [0.25, 0.3) is 0 Å². The van der Waals surface area contributed by atoms with Crippen LogP contribution in [0, 0.1) is 5.41 Å². The molecule has 1 aromatic carbocycles. The zero-order chi connectivity index (χ0) is 14.3. The van der Waals surface area contributed by atoms with Crippen molar-refractivity contribution in [1.82, 2.24) is 4.98 Å². The first-order valence-corrected chi connectivity index (χ1v) is 7.97. The van der Waals surface area contributed by atoms with Gasteiger partial charge in [0.1, 0.15) is 11.9 Å². The Morgan fingerprint density at radius 1 is 1.14 bits per heavy atom. The van der Waals surface area contributed by atoms with E-state index in [4.69, 9.17) is 4.74 Å². The van der Waals surface area contributed by atoms with Crippen LogP contribution >= 0.6 is 0 Å². The highest BCUT2D eigenvalue weighted by Gasteiger charge is 2.56. The Morgan fingerprint density at radius 2 is 2.00 bits per heavy atom. The van der Waals surface area contributed by atoms with Gasteiger partial charge in [0.05, 0.1) is 11.6 Å². The van der Waals surface area contributed by atoms with Crippen molar-refractivity contribution >= 4 is 10.9 Å². The van der Waals surface area contributed by atoms with Crippen molar-refractivity contribution < 1.29 is 9.84 Å². The van der Waals surface area contributed by atoms with Crippen LogP contribution in [-0.4, -0.2) is 22.3 Å². The Morgan fingerprint density at radius 3 is 2.81 bits per heavy atom. The fraction of sp³-hybridized carbons (Fsp3) is 0.500. The predicted molar refractivity (Wildman–Crippen MR) is 82.3 cm³/mol. The number of nitrogens with zero attached hydrogens (tertiary/aromatic N) is 1. The lowest BCUT2D eigenvalue weighted by atomic mass is 9.56. The normalized spacial score (nSPS) is 27.5. The van der Waals surface area contributed by atoms with Crippen LogP contribution < -0.4 is 4.74 Å². The van der Waals surface area contributed by atoms with E-state index < -0.39 is 0 Å². The summed E-state index contributed by atoms with van der Waals surface area (Å²) in [6.07, 6.45) is 8.49. The maximum atomic E-state index is 10.3. The Bertz CT molecular complexity index is 648. The summed E-state index contributed by atoms with van der Waals surface area (Å²) in [4.78, 5) is 4.38. The van der Waals surface area contributed by atoms with Crippen LogP contribution in [0.5, 0.6) is 5.75 Å². The van der Waals surface area contributed by atoms with E-state index >= 15 is 0 Å². The molecule has 0 saturated heterocycles. The van der Waals surface area contributed by atoms with Gasteiger partial charge in [-0.25, -0.2) is 0 Å². The second-order valence-electron chi connectivity index (χ2n) is 6.51. The number of aromatic nitrogens is 1. The van der Waals surface area contributed by atoms with Crippen LogP contribution in [0.25, 0.3) is 10.9 Å². The third kappa shape index (κ3) is 2.11. The number of hydrogen-bond donors (Lipinski definition) is 1. The van der Waals surface area contributed by atoms with E-state index in [1.165, 1.54) is 19.3 Å². The first kappa shape index (κ1) is 13.1. The molecular formula is C18H21NO2. The quantitative estimate of drug-likeness (QED) is 0.914. The second kappa shape index (κ2) is 4.99. The van der Waals surface area contributed by atoms with Gasteiger partial charge in [-0.1, -0.05) is 25.3 Å². The fourth-order valence-corrected chi connectivity index (χ4v) is 4.04. The van der Waals surface area contributed by atoms with Crippen LogP contribution in [0.3, 0.4) is 0 Å². The Balaban J connectivity index is 1.57. The highest BCUT2D eigenvalue weighted by Crippen LogP contribution is 2.53. The third-order valence-corrected chi connectivity index (χ3v) is 5.38. The third-order valence-electron chi connectivity index (χ3n) is 5.38. The summed E-state index contributed by atoms with van der Waals surface area (Å²) in [5.41, 5.74) is 0.977. The molecule has 4 rings (SSSR count). The van der Waals surface area contributed by atoms with Gasteiger partial charge in [0.2, 0.25) is 0 Å². The summed E-state index contributed by atoms with van der Waals surface area (Å²) in [5, 5.41) is 11.4. The number of fused-ring (bicyclic) bond motifs is 1. The van der Waals surface area contributed by atoms with Gasteiger partial charge in [-0.15, -0.1) is 0 Å². The van der Waals surface area contributed by atoms with Gasteiger partial charge < -0.3 is 9.84 Å². The maximum Gasteiger partial charge on any atom is 0.121 e. The van der Waals surface area contributed by atoms with Crippen molar-refractivity contribution in [3.05, 3.63) is 36.5 Å². The van der Waals surface area contributed by atoms with E-state index in [1.54, 1.807) is 0 Å². The zero-order valence-corrected chi connectivity index (χ0v) is 12.2. The number of aliphatic hydroxyl groups excluding tert-OH is 1. The van der Waals surface area contributed by atoms with Crippen molar-refractivity contribution in [2.45, 2.75) is 50.7 Å². The molecule has 2 unspecified atom stereocenters. The van der Waals surface area contributed by atoms with Crippen molar-refractivity contribution in [2.75, 3.05) is 0 Å². The van der Waals surface area contributed by atoms with Crippen LogP contribution in [0.2, 0.25) is 0 Å². The van der Waals surface area contributed by atoms with Crippen molar-refractivity contribution in [2.24, 2.45) is 5.41 Å². The van der Waals surface area contributed by atoms with Gasteiger partial charge in [0, 0.05) is 29.5 Å². The number of aliphatic hydroxyl groups is 1. The summed E-state index contributed by atoms with van der Waals surface area (Å²) in [7, 11) is 0. The largest absolute Gasteiger partial charge is 0.490 e. The molecule has 1 aromatic heterocycles. The Hall–Kier alpha value is -1.61. The number of pyridine rings is 1. The number of ether oxygens (including phenoxy) is 1. The van der Waals surface area contributed by atoms with Crippen molar-refractivity contribution in [1.29, 1.82) is 0 Å². The van der Waals surface area contributed by atoms with Crippen LogP contribution in [0.4, 0.5) is 0 Å². The molecule has 0 aliphatic heterocycles. The molecule has 1 spiro atoms. The molecule has 1 N–H and O–H groups in total. The lowest BCUT2D eigenvalue weighted by molar-refractivity contribution is -0.172. The minimum absolute atomic E-state index is 0.0112. The topological polar surface area (TPSA) is 42.4 Å². The molecule has 2 aromatic rings. The smallest absolute Gasteiger partial charge is 0.121 e. The molecule has 0 radical (unpaired) electrons. The molecule has 2 atom stereocenters. The van der Waals surface area contributed by atoms with Crippen LogP contribution in [-0.2, 0) is 0 Å². The lowest BCUT2D eigenvalue weighted by Crippen LogP contribution is -2.60. The molecule has 2 fully saturated rings. The minimum atomic E-state index is -0.179. The highest BCUT2D eigenvalue weighted by atomic mass is 16.5.